The summed E-state index contributed by atoms with van der Waals surface area (Å²) in [4.78, 5) is 46.7. The molecule has 1 aromatic carbocycles. The molecule has 212 valence electrons. The lowest BCUT2D eigenvalue weighted by Gasteiger charge is -2.18. The van der Waals surface area contributed by atoms with Crippen LogP contribution in [0.2, 0.25) is 0 Å². The summed E-state index contributed by atoms with van der Waals surface area (Å²) >= 11 is 0. The Morgan fingerprint density at radius 2 is 1.78 bits per heavy atom. The number of hydrogen-bond donors (Lipinski definition) is 3. The number of aromatic nitrogens is 5. The average Bonchev–Trinajstić information content (AvgIpc) is 3.52. The summed E-state index contributed by atoms with van der Waals surface area (Å²) in [6, 6.07) is 7.10. The Labute approximate surface area is 232 Å². The minimum absolute atomic E-state index is 0.0493. The fourth-order valence-electron chi connectivity index (χ4n) is 4.68. The van der Waals surface area contributed by atoms with Gasteiger partial charge >= 0.3 is 11.7 Å². The van der Waals surface area contributed by atoms with Crippen molar-refractivity contribution in [3.63, 3.8) is 0 Å². The summed E-state index contributed by atoms with van der Waals surface area (Å²) in [6.45, 7) is 3.75. The molecule has 2 atom stereocenters. The Kier molecular flexibility index (Phi) is 7.26. The molecule has 0 aliphatic carbocycles. The van der Waals surface area contributed by atoms with Gasteiger partial charge in [-0.3, -0.25) is 9.36 Å². The summed E-state index contributed by atoms with van der Waals surface area (Å²) in [5.41, 5.74) is 1.16. The van der Waals surface area contributed by atoms with E-state index < -0.39 is 35.1 Å². The number of carboxylic acid groups (broad SMARTS) is 1. The normalized spacial score (nSPS) is 12.9. The summed E-state index contributed by atoms with van der Waals surface area (Å²) < 4.78 is 34.0. The van der Waals surface area contributed by atoms with E-state index in [1.54, 1.807) is 48.1 Å². The maximum Gasteiger partial charge on any atom is 0.334 e. The summed E-state index contributed by atoms with van der Waals surface area (Å²) in [5, 5.41) is 15.0. The number of amides is 1. The van der Waals surface area contributed by atoms with Crippen LogP contribution in [0.5, 0.6) is 0 Å². The standard InChI is InChI=1S/C28H27F2N7O4/c1-4-15(2)33-16-12-18(29)23(19(30)13-16)26(38)34-20(27(39)40)14-17-7-8-22(24-32-10-11-36(17)24)37-25-21(6-5-9-31-25)35(3)28(37)41/h5-13,15,20,33H,4,14H2,1-3H3,(H,34,38)(H,39,40)/t15-,20-/m0/s1. The molecule has 0 radical (unpaired) electrons. The smallest absolute Gasteiger partial charge is 0.334 e. The molecule has 0 unspecified atom stereocenters. The molecule has 0 saturated carbocycles. The van der Waals surface area contributed by atoms with E-state index in [2.05, 4.69) is 20.6 Å². The Hall–Kier alpha value is -5.07. The molecule has 5 aromatic rings. The van der Waals surface area contributed by atoms with Crippen LogP contribution in [0.1, 0.15) is 36.3 Å². The van der Waals surface area contributed by atoms with Crippen molar-refractivity contribution in [2.24, 2.45) is 7.05 Å². The van der Waals surface area contributed by atoms with Crippen LogP contribution in [0, 0.1) is 11.6 Å². The average molecular weight is 564 g/mol. The van der Waals surface area contributed by atoms with Crippen LogP contribution in [0.3, 0.4) is 0 Å². The van der Waals surface area contributed by atoms with Gasteiger partial charge in [-0.05, 0) is 49.7 Å². The van der Waals surface area contributed by atoms with Crippen LogP contribution in [0.4, 0.5) is 14.5 Å². The first-order chi connectivity index (χ1) is 19.6. The van der Waals surface area contributed by atoms with E-state index in [1.165, 1.54) is 15.3 Å². The monoisotopic (exact) mass is 563 g/mol. The predicted molar refractivity (Wildman–Crippen MR) is 147 cm³/mol. The van der Waals surface area contributed by atoms with Gasteiger partial charge in [-0.2, -0.15) is 0 Å². The number of nitrogens with zero attached hydrogens (tertiary/aromatic N) is 5. The lowest BCUT2D eigenvalue weighted by atomic mass is 10.1. The third kappa shape index (κ3) is 5.01. The number of fused-ring (bicyclic) bond motifs is 2. The molecule has 0 saturated heterocycles. The maximum absolute atomic E-state index is 14.8. The molecule has 4 aromatic heterocycles. The molecule has 41 heavy (non-hydrogen) atoms. The third-order valence-electron chi connectivity index (χ3n) is 6.98. The summed E-state index contributed by atoms with van der Waals surface area (Å²) in [6.07, 6.45) is 5.11. The molecule has 13 heteroatoms. The minimum atomic E-state index is -1.53. The highest BCUT2D eigenvalue weighted by atomic mass is 19.1. The highest BCUT2D eigenvalue weighted by molar-refractivity contribution is 5.97. The zero-order chi connectivity index (χ0) is 29.4. The number of hydrogen-bond acceptors (Lipinski definition) is 6. The van der Waals surface area contributed by atoms with Crippen molar-refractivity contribution in [2.75, 3.05) is 5.32 Å². The summed E-state index contributed by atoms with van der Waals surface area (Å²) in [5.74, 6) is -4.84. The van der Waals surface area contributed by atoms with Crippen LogP contribution in [0.15, 0.2) is 59.8 Å². The Balaban J connectivity index is 1.45. The number of rotatable bonds is 9. The lowest BCUT2D eigenvalue weighted by molar-refractivity contribution is -0.139. The van der Waals surface area contributed by atoms with E-state index in [0.717, 1.165) is 12.1 Å². The largest absolute Gasteiger partial charge is 0.480 e. The topological polar surface area (TPSA) is 136 Å². The fraction of sp³-hybridized carbons (Fsp3) is 0.250. The van der Waals surface area contributed by atoms with Crippen molar-refractivity contribution < 1.29 is 23.5 Å². The molecule has 4 heterocycles. The van der Waals surface area contributed by atoms with Crippen LogP contribution in [-0.4, -0.2) is 52.6 Å². The third-order valence-corrected chi connectivity index (χ3v) is 6.98. The van der Waals surface area contributed by atoms with Gasteiger partial charge in [0.2, 0.25) is 0 Å². The number of pyridine rings is 2. The molecule has 3 N–H and O–H groups in total. The molecule has 1 amide bonds. The first-order valence-electron chi connectivity index (χ1n) is 12.9. The Morgan fingerprint density at radius 3 is 2.46 bits per heavy atom. The van der Waals surface area contributed by atoms with E-state index in [1.807, 2.05) is 13.8 Å². The number of imidazole rings is 2. The van der Waals surface area contributed by atoms with Crippen molar-refractivity contribution in [1.29, 1.82) is 0 Å². The van der Waals surface area contributed by atoms with Gasteiger partial charge in [0.05, 0.1) is 11.2 Å². The van der Waals surface area contributed by atoms with E-state index in [-0.39, 0.29) is 23.8 Å². The molecule has 0 bridgehead atoms. The van der Waals surface area contributed by atoms with Crippen molar-refractivity contribution in [2.45, 2.75) is 38.8 Å². The second kappa shape index (κ2) is 10.8. The SMILES string of the molecule is CC[C@H](C)Nc1cc(F)c(C(=O)N[C@@H](Cc2ccc(-n3c(=O)n(C)c4cccnc43)c3nccn23)C(=O)O)c(F)c1. The fourth-order valence-corrected chi connectivity index (χ4v) is 4.68. The first kappa shape index (κ1) is 27.5. The van der Waals surface area contributed by atoms with E-state index in [4.69, 9.17) is 0 Å². The van der Waals surface area contributed by atoms with Crippen molar-refractivity contribution in [1.82, 2.24) is 28.8 Å². The number of halogens is 2. The highest BCUT2D eigenvalue weighted by Crippen LogP contribution is 2.23. The van der Waals surface area contributed by atoms with Gasteiger partial charge in [0.1, 0.15) is 23.2 Å². The number of benzene rings is 1. The van der Waals surface area contributed by atoms with Crippen molar-refractivity contribution >= 4 is 34.4 Å². The van der Waals surface area contributed by atoms with Crippen LogP contribution < -0.4 is 16.3 Å². The number of carbonyl (C=O) groups is 2. The molecule has 0 fully saturated rings. The van der Waals surface area contributed by atoms with E-state index in [0.29, 0.717) is 34.6 Å². The number of nitrogens with one attached hydrogen (secondary N) is 2. The number of aliphatic carboxylic acids is 1. The minimum Gasteiger partial charge on any atom is -0.480 e. The zero-order valence-electron chi connectivity index (χ0n) is 22.4. The van der Waals surface area contributed by atoms with Crippen LogP contribution >= 0.6 is 0 Å². The van der Waals surface area contributed by atoms with Gasteiger partial charge in [0.25, 0.3) is 5.91 Å². The van der Waals surface area contributed by atoms with Crippen molar-refractivity contribution in [3.8, 4) is 5.69 Å². The number of aryl methyl sites for hydroxylation is 1. The highest BCUT2D eigenvalue weighted by Gasteiger charge is 2.27. The van der Waals surface area contributed by atoms with E-state index >= 15 is 0 Å². The van der Waals surface area contributed by atoms with Gasteiger partial charge in [-0.25, -0.2) is 32.9 Å². The molecule has 11 nitrogen and oxygen atoms in total. The van der Waals surface area contributed by atoms with Crippen LogP contribution in [0.25, 0.3) is 22.5 Å². The quantitative estimate of drug-likeness (QED) is 0.250. The molecule has 0 aliphatic rings. The second-order valence-electron chi connectivity index (χ2n) is 9.69. The Morgan fingerprint density at radius 1 is 1.07 bits per heavy atom. The van der Waals surface area contributed by atoms with Gasteiger partial charge in [0, 0.05) is 49.5 Å². The number of carbonyl (C=O) groups excluding carboxylic acids is 1. The van der Waals surface area contributed by atoms with Crippen LogP contribution in [-0.2, 0) is 18.3 Å². The first-order valence-corrected chi connectivity index (χ1v) is 12.9. The summed E-state index contributed by atoms with van der Waals surface area (Å²) in [7, 11) is 1.63. The van der Waals surface area contributed by atoms with Gasteiger partial charge < -0.3 is 20.1 Å². The maximum atomic E-state index is 14.8. The predicted octanol–water partition coefficient (Wildman–Crippen LogP) is 3.29. The van der Waals surface area contributed by atoms with Gasteiger partial charge in [0.15, 0.2) is 11.3 Å². The lowest BCUT2D eigenvalue weighted by Crippen LogP contribution is -2.43. The molecule has 0 aliphatic heterocycles. The van der Waals surface area contributed by atoms with E-state index in [9.17, 15) is 28.3 Å². The number of carboxylic acids is 1. The van der Waals surface area contributed by atoms with Crippen molar-refractivity contribution in [3.05, 3.63) is 88.4 Å². The van der Waals surface area contributed by atoms with Gasteiger partial charge in [-0.15, -0.1) is 0 Å². The molecule has 0 spiro atoms. The van der Waals surface area contributed by atoms with Gasteiger partial charge in [-0.1, -0.05) is 6.92 Å². The number of anilines is 1. The molecule has 5 rings (SSSR count). The molecular formula is C28H27F2N7O4. The zero-order valence-corrected chi connectivity index (χ0v) is 22.4. The second-order valence-corrected chi connectivity index (χ2v) is 9.69. The molecular weight excluding hydrogens is 536 g/mol. The Bertz CT molecular complexity index is 1840.